The summed E-state index contributed by atoms with van der Waals surface area (Å²) in [6, 6.07) is 20.3. The van der Waals surface area contributed by atoms with Gasteiger partial charge >= 0.3 is 0 Å². The molecule has 0 saturated carbocycles. The van der Waals surface area contributed by atoms with Crippen LogP contribution >= 0.6 is 46.6 Å². The Balaban J connectivity index is 1.68. The lowest BCUT2D eigenvalue weighted by Gasteiger charge is -2.11. The molecule has 0 radical (unpaired) electrons. The van der Waals surface area contributed by atoms with Crippen LogP contribution < -0.4 is 0 Å². The molecule has 1 aromatic heterocycles. The van der Waals surface area contributed by atoms with Crippen LogP contribution in [0.25, 0.3) is 17.1 Å². The molecule has 0 bridgehead atoms. The Kier molecular flexibility index (Phi) is 6.68. The van der Waals surface area contributed by atoms with Gasteiger partial charge in [-0.2, -0.15) is 0 Å². The van der Waals surface area contributed by atoms with Crippen LogP contribution in [0.4, 0.5) is 0 Å². The highest BCUT2D eigenvalue weighted by molar-refractivity contribution is 7.99. The van der Waals surface area contributed by atoms with Crippen molar-refractivity contribution in [1.29, 1.82) is 0 Å². The summed E-state index contributed by atoms with van der Waals surface area (Å²) in [5.41, 5.74) is 3.38. The molecule has 1 heterocycles. The standard InChI is InChI=1S/C23H16Cl3N3OS/c1-14-5-8-18(9-6-14)29-22(16-3-2-4-17(24)11-16)27-28-23(29)31-13-21(30)15-7-10-19(25)20(26)12-15/h2-12H,13H2,1H3. The van der Waals surface area contributed by atoms with E-state index >= 15 is 0 Å². The number of aryl methyl sites for hydroxylation is 1. The Morgan fingerprint density at radius 1 is 0.935 bits per heavy atom. The van der Waals surface area contributed by atoms with Gasteiger partial charge in [-0.05, 0) is 49.4 Å². The van der Waals surface area contributed by atoms with E-state index in [1.165, 1.54) is 11.8 Å². The third-order valence-corrected chi connectivity index (χ3v) is 6.49. The van der Waals surface area contributed by atoms with Crippen LogP contribution in [0.3, 0.4) is 0 Å². The van der Waals surface area contributed by atoms with Crippen LogP contribution in [0.15, 0.2) is 71.9 Å². The van der Waals surface area contributed by atoms with E-state index in [1.54, 1.807) is 18.2 Å². The first-order chi connectivity index (χ1) is 14.9. The van der Waals surface area contributed by atoms with E-state index in [4.69, 9.17) is 34.8 Å². The lowest BCUT2D eigenvalue weighted by molar-refractivity contribution is 0.102. The summed E-state index contributed by atoms with van der Waals surface area (Å²) in [7, 11) is 0. The molecule has 0 aliphatic rings. The van der Waals surface area contributed by atoms with E-state index in [9.17, 15) is 4.79 Å². The van der Waals surface area contributed by atoms with Crippen molar-refractivity contribution in [3.8, 4) is 17.1 Å². The third kappa shape index (κ3) is 4.96. The van der Waals surface area contributed by atoms with E-state index in [0.29, 0.717) is 31.6 Å². The Hall–Kier alpha value is -2.31. The maximum Gasteiger partial charge on any atom is 0.196 e. The van der Waals surface area contributed by atoms with Gasteiger partial charge < -0.3 is 0 Å². The Labute approximate surface area is 199 Å². The summed E-state index contributed by atoms with van der Waals surface area (Å²) >= 11 is 19.5. The first-order valence-electron chi connectivity index (χ1n) is 9.32. The Bertz CT molecular complexity index is 1260. The van der Waals surface area contributed by atoms with Crippen molar-refractivity contribution in [2.24, 2.45) is 0 Å². The summed E-state index contributed by atoms with van der Waals surface area (Å²) in [5, 5.41) is 10.7. The first-order valence-corrected chi connectivity index (χ1v) is 11.4. The molecule has 0 aliphatic heterocycles. The van der Waals surface area contributed by atoms with Gasteiger partial charge in [-0.1, -0.05) is 76.4 Å². The minimum Gasteiger partial charge on any atom is -0.293 e. The molecular weight excluding hydrogens is 473 g/mol. The molecule has 0 saturated heterocycles. The van der Waals surface area contributed by atoms with Crippen LogP contribution in [0, 0.1) is 6.92 Å². The minimum absolute atomic E-state index is 0.0775. The number of carbonyl (C=O) groups is 1. The summed E-state index contributed by atoms with van der Waals surface area (Å²) in [6.07, 6.45) is 0. The highest BCUT2D eigenvalue weighted by atomic mass is 35.5. The molecular formula is C23H16Cl3N3OS. The van der Waals surface area contributed by atoms with Crippen LogP contribution in [0.5, 0.6) is 0 Å². The van der Waals surface area contributed by atoms with Gasteiger partial charge in [0.2, 0.25) is 0 Å². The van der Waals surface area contributed by atoms with Crippen molar-refractivity contribution >= 4 is 52.3 Å². The largest absolute Gasteiger partial charge is 0.293 e. The number of carbonyl (C=O) groups excluding carboxylic acids is 1. The molecule has 0 spiro atoms. The SMILES string of the molecule is Cc1ccc(-n2c(SCC(=O)c3ccc(Cl)c(Cl)c3)nnc2-c2cccc(Cl)c2)cc1. The minimum atomic E-state index is -0.0775. The average Bonchev–Trinajstić information content (AvgIpc) is 3.18. The summed E-state index contributed by atoms with van der Waals surface area (Å²) in [6.45, 7) is 2.03. The predicted molar refractivity (Wildman–Crippen MR) is 128 cm³/mol. The second-order valence-electron chi connectivity index (χ2n) is 6.83. The zero-order valence-electron chi connectivity index (χ0n) is 16.3. The number of halogens is 3. The Morgan fingerprint density at radius 3 is 2.42 bits per heavy atom. The molecule has 156 valence electrons. The number of hydrogen-bond acceptors (Lipinski definition) is 4. The molecule has 0 amide bonds. The average molecular weight is 489 g/mol. The number of rotatable bonds is 6. The zero-order valence-corrected chi connectivity index (χ0v) is 19.4. The molecule has 0 unspecified atom stereocenters. The van der Waals surface area contributed by atoms with Gasteiger partial charge in [-0.15, -0.1) is 10.2 Å². The second kappa shape index (κ2) is 9.45. The summed E-state index contributed by atoms with van der Waals surface area (Å²) < 4.78 is 1.93. The van der Waals surface area contributed by atoms with Gasteiger partial charge in [0, 0.05) is 21.8 Å². The number of aromatic nitrogens is 3. The molecule has 0 atom stereocenters. The smallest absolute Gasteiger partial charge is 0.196 e. The molecule has 4 rings (SSSR count). The van der Waals surface area contributed by atoms with Gasteiger partial charge in [0.1, 0.15) is 0 Å². The highest BCUT2D eigenvalue weighted by Gasteiger charge is 2.18. The van der Waals surface area contributed by atoms with E-state index in [0.717, 1.165) is 16.8 Å². The van der Waals surface area contributed by atoms with Gasteiger partial charge in [-0.3, -0.25) is 9.36 Å². The van der Waals surface area contributed by atoms with Gasteiger partial charge in [0.25, 0.3) is 0 Å². The molecule has 0 fully saturated rings. The third-order valence-electron chi connectivity index (χ3n) is 4.58. The summed E-state index contributed by atoms with van der Waals surface area (Å²) in [4.78, 5) is 12.7. The molecule has 31 heavy (non-hydrogen) atoms. The lowest BCUT2D eigenvalue weighted by Crippen LogP contribution is -2.05. The number of benzene rings is 3. The molecule has 4 nitrogen and oxygen atoms in total. The predicted octanol–water partition coefficient (Wildman–Crippen LogP) is 7.18. The fourth-order valence-corrected chi connectivity index (χ4v) is 4.32. The maximum atomic E-state index is 12.7. The van der Waals surface area contributed by atoms with E-state index < -0.39 is 0 Å². The highest BCUT2D eigenvalue weighted by Crippen LogP contribution is 2.30. The number of Topliss-reactive ketones (excluding diaryl/α,β-unsaturated/α-hetero) is 1. The van der Waals surface area contributed by atoms with E-state index in [2.05, 4.69) is 10.2 Å². The molecule has 4 aromatic rings. The van der Waals surface area contributed by atoms with Gasteiger partial charge in [0.15, 0.2) is 16.8 Å². The fraction of sp³-hybridized carbons (Fsp3) is 0.0870. The van der Waals surface area contributed by atoms with Crippen molar-refractivity contribution < 1.29 is 4.79 Å². The van der Waals surface area contributed by atoms with Crippen molar-refractivity contribution in [1.82, 2.24) is 14.8 Å². The zero-order chi connectivity index (χ0) is 22.0. The van der Waals surface area contributed by atoms with Crippen molar-refractivity contribution in [2.75, 3.05) is 5.75 Å². The summed E-state index contributed by atoms with van der Waals surface area (Å²) in [5.74, 6) is 0.750. The number of nitrogens with zero attached hydrogens (tertiary/aromatic N) is 3. The van der Waals surface area contributed by atoms with Crippen molar-refractivity contribution in [2.45, 2.75) is 12.1 Å². The molecule has 8 heteroatoms. The lowest BCUT2D eigenvalue weighted by atomic mass is 10.1. The van der Waals surface area contributed by atoms with Crippen LogP contribution in [0.2, 0.25) is 15.1 Å². The fourth-order valence-electron chi connectivity index (χ4n) is 2.99. The van der Waals surface area contributed by atoms with Crippen LogP contribution in [-0.2, 0) is 0 Å². The van der Waals surface area contributed by atoms with Crippen molar-refractivity contribution in [3.63, 3.8) is 0 Å². The first kappa shape index (κ1) is 21.9. The van der Waals surface area contributed by atoms with Gasteiger partial charge in [-0.25, -0.2) is 0 Å². The number of thioether (sulfide) groups is 1. The molecule has 3 aromatic carbocycles. The van der Waals surface area contributed by atoms with Crippen molar-refractivity contribution in [3.05, 3.63) is 92.9 Å². The van der Waals surface area contributed by atoms with E-state index in [-0.39, 0.29) is 11.5 Å². The second-order valence-corrected chi connectivity index (χ2v) is 9.02. The number of ketones is 1. The molecule has 0 aliphatic carbocycles. The monoisotopic (exact) mass is 487 g/mol. The quantitative estimate of drug-likeness (QED) is 0.213. The maximum absolute atomic E-state index is 12.7. The van der Waals surface area contributed by atoms with Crippen LogP contribution in [-0.4, -0.2) is 26.3 Å². The topological polar surface area (TPSA) is 47.8 Å². The van der Waals surface area contributed by atoms with Gasteiger partial charge in [0.05, 0.1) is 15.8 Å². The molecule has 0 N–H and O–H groups in total. The normalized spacial score (nSPS) is 11.0. The van der Waals surface area contributed by atoms with E-state index in [1.807, 2.05) is 60.0 Å². The van der Waals surface area contributed by atoms with Crippen LogP contribution in [0.1, 0.15) is 15.9 Å². The number of hydrogen-bond donors (Lipinski definition) is 0. The Morgan fingerprint density at radius 2 is 1.71 bits per heavy atom.